The first kappa shape index (κ1) is 14.2. The maximum atomic E-state index is 10.7. The second-order valence-corrected chi connectivity index (χ2v) is 4.58. The van der Waals surface area contributed by atoms with Crippen LogP contribution in [0.4, 0.5) is 5.69 Å². The SMILES string of the molecule is CCCn1nccc1CNCc1cccc([N+](=O)[O-])c1. The minimum Gasteiger partial charge on any atom is -0.307 e. The van der Waals surface area contributed by atoms with Gasteiger partial charge in [0.1, 0.15) is 0 Å². The van der Waals surface area contributed by atoms with Crippen molar-refractivity contribution in [3.63, 3.8) is 0 Å². The molecule has 1 aromatic heterocycles. The van der Waals surface area contributed by atoms with Crippen LogP contribution in [0.15, 0.2) is 36.5 Å². The van der Waals surface area contributed by atoms with Crippen molar-refractivity contribution in [1.29, 1.82) is 0 Å². The van der Waals surface area contributed by atoms with E-state index in [1.807, 2.05) is 16.8 Å². The summed E-state index contributed by atoms with van der Waals surface area (Å²) >= 11 is 0. The van der Waals surface area contributed by atoms with Crippen LogP contribution in [0.3, 0.4) is 0 Å². The fraction of sp³-hybridized carbons (Fsp3) is 0.357. The van der Waals surface area contributed by atoms with Crippen LogP contribution in [0.5, 0.6) is 0 Å². The van der Waals surface area contributed by atoms with Gasteiger partial charge in [0.25, 0.3) is 5.69 Å². The molecule has 6 heteroatoms. The molecule has 2 aromatic rings. The normalized spacial score (nSPS) is 10.7. The fourth-order valence-corrected chi connectivity index (χ4v) is 2.04. The predicted octanol–water partition coefficient (Wildman–Crippen LogP) is 2.49. The maximum Gasteiger partial charge on any atom is 0.269 e. The molecule has 0 aliphatic heterocycles. The van der Waals surface area contributed by atoms with E-state index in [9.17, 15) is 10.1 Å². The van der Waals surface area contributed by atoms with Crippen molar-refractivity contribution < 1.29 is 4.92 Å². The van der Waals surface area contributed by atoms with E-state index in [2.05, 4.69) is 17.3 Å². The van der Waals surface area contributed by atoms with Crippen LogP contribution in [0, 0.1) is 10.1 Å². The number of hydrogen-bond acceptors (Lipinski definition) is 4. The highest BCUT2D eigenvalue weighted by molar-refractivity contribution is 5.34. The van der Waals surface area contributed by atoms with Gasteiger partial charge in [-0.05, 0) is 18.1 Å². The summed E-state index contributed by atoms with van der Waals surface area (Å²) in [7, 11) is 0. The summed E-state index contributed by atoms with van der Waals surface area (Å²) in [4.78, 5) is 10.3. The van der Waals surface area contributed by atoms with Crippen LogP contribution < -0.4 is 5.32 Å². The molecule has 6 nitrogen and oxygen atoms in total. The third kappa shape index (κ3) is 3.64. The number of nitro groups is 1. The molecule has 0 aliphatic rings. The Morgan fingerprint density at radius 3 is 2.95 bits per heavy atom. The second kappa shape index (κ2) is 6.81. The summed E-state index contributed by atoms with van der Waals surface area (Å²) in [5.74, 6) is 0. The molecular weight excluding hydrogens is 256 g/mol. The van der Waals surface area contributed by atoms with Gasteiger partial charge in [-0.1, -0.05) is 19.1 Å². The van der Waals surface area contributed by atoms with Gasteiger partial charge in [-0.25, -0.2) is 0 Å². The number of nitrogens with one attached hydrogen (secondary N) is 1. The minimum atomic E-state index is -0.375. The van der Waals surface area contributed by atoms with E-state index in [4.69, 9.17) is 0 Å². The summed E-state index contributed by atoms with van der Waals surface area (Å²) in [5, 5.41) is 18.2. The van der Waals surface area contributed by atoms with Crippen LogP contribution in [-0.4, -0.2) is 14.7 Å². The van der Waals surface area contributed by atoms with E-state index < -0.39 is 0 Å². The van der Waals surface area contributed by atoms with Crippen molar-refractivity contribution in [2.24, 2.45) is 0 Å². The molecule has 0 saturated heterocycles. The molecule has 2 rings (SSSR count). The van der Waals surface area contributed by atoms with Crippen LogP contribution >= 0.6 is 0 Å². The highest BCUT2D eigenvalue weighted by atomic mass is 16.6. The van der Waals surface area contributed by atoms with Gasteiger partial charge in [0.05, 0.1) is 10.6 Å². The summed E-state index contributed by atoms with van der Waals surface area (Å²) in [5.41, 5.74) is 2.15. The number of rotatable bonds is 7. The third-order valence-corrected chi connectivity index (χ3v) is 3.00. The van der Waals surface area contributed by atoms with Gasteiger partial charge < -0.3 is 5.32 Å². The van der Waals surface area contributed by atoms with Gasteiger partial charge in [0.15, 0.2) is 0 Å². The minimum absolute atomic E-state index is 0.125. The quantitative estimate of drug-likeness (QED) is 0.622. The lowest BCUT2D eigenvalue weighted by molar-refractivity contribution is -0.384. The van der Waals surface area contributed by atoms with Crippen LogP contribution in [0.25, 0.3) is 0 Å². The lowest BCUT2D eigenvalue weighted by Gasteiger charge is -2.07. The summed E-state index contributed by atoms with van der Waals surface area (Å²) in [6, 6.07) is 8.66. The molecule has 0 spiro atoms. The van der Waals surface area contributed by atoms with E-state index in [1.54, 1.807) is 18.3 Å². The van der Waals surface area contributed by atoms with Crippen molar-refractivity contribution in [3.05, 3.63) is 57.9 Å². The standard InChI is InChI=1S/C14H18N4O2/c1-2-8-17-14(6-7-16-17)11-15-10-12-4-3-5-13(9-12)18(19)20/h3-7,9,15H,2,8,10-11H2,1H3. The third-order valence-electron chi connectivity index (χ3n) is 3.00. The Balaban J connectivity index is 1.91. The van der Waals surface area contributed by atoms with E-state index >= 15 is 0 Å². The largest absolute Gasteiger partial charge is 0.307 e. The first-order chi connectivity index (χ1) is 9.70. The Kier molecular flexibility index (Phi) is 4.84. The molecule has 0 aliphatic carbocycles. The van der Waals surface area contributed by atoms with Crippen LogP contribution in [-0.2, 0) is 19.6 Å². The molecule has 20 heavy (non-hydrogen) atoms. The number of nitro benzene ring substituents is 1. The van der Waals surface area contributed by atoms with Crippen LogP contribution in [0.2, 0.25) is 0 Å². The summed E-state index contributed by atoms with van der Waals surface area (Å²) in [6.45, 7) is 4.31. The number of benzene rings is 1. The predicted molar refractivity (Wildman–Crippen MR) is 76.2 cm³/mol. The Bertz CT molecular complexity index is 580. The van der Waals surface area contributed by atoms with Crippen molar-refractivity contribution in [2.45, 2.75) is 33.0 Å². The highest BCUT2D eigenvalue weighted by Crippen LogP contribution is 2.13. The average Bonchev–Trinajstić information content (AvgIpc) is 2.87. The van der Waals surface area contributed by atoms with E-state index in [1.165, 1.54) is 6.07 Å². The Hall–Kier alpha value is -2.21. The number of non-ortho nitro benzene ring substituents is 1. The van der Waals surface area contributed by atoms with Crippen LogP contribution in [0.1, 0.15) is 24.6 Å². The van der Waals surface area contributed by atoms with Gasteiger partial charge >= 0.3 is 0 Å². The van der Waals surface area contributed by atoms with Crippen molar-refractivity contribution >= 4 is 5.69 Å². The Morgan fingerprint density at radius 2 is 2.20 bits per heavy atom. The molecule has 106 valence electrons. The molecule has 1 heterocycles. The monoisotopic (exact) mass is 274 g/mol. The van der Waals surface area contributed by atoms with E-state index in [0.29, 0.717) is 13.1 Å². The fourth-order valence-electron chi connectivity index (χ4n) is 2.04. The lowest BCUT2D eigenvalue weighted by atomic mass is 10.2. The lowest BCUT2D eigenvalue weighted by Crippen LogP contribution is -2.16. The maximum absolute atomic E-state index is 10.7. The first-order valence-electron chi connectivity index (χ1n) is 6.65. The molecule has 0 unspecified atom stereocenters. The molecule has 0 saturated carbocycles. The Morgan fingerprint density at radius 1 is 1.35 bits per heavy atom. The molecule has 1 aromatic carbocycles. The first-order valence-corrected chi connectivity index (χ1v) is 6.65. The van der Waals surface area contributed by atoms with Gasteiger partial charge in [-0.15, -0.1) is 0 Å². The summed E-state index contributed by atoms with van der Waals surface area (Å²) in [6.07, 6.45) is 2.83. The van der Waals surface area contributed by atoms with Gasteiger partial charge in [-0.2, -0.15) is 5.10 Å². The molecule has 0 bridgehead atoms. The van der Waals surface area contributed by atoms with Gasteiger partial charge in [-0.3, -0.25) is 14.8 Å². The Labute approximate surface area is 117 Å². The molecular formula is C14H18N4O2. The van der Waals surface area contributed by atoms with Crippen molar-refractivity contribution in [1.82, 2.24) is 15.1 Å². The van der Waals surface area contributed by atoms with Crippen molar-refractivity contribution in [2.75, 3.05) is 0 Å². The zero-order valence-corrected chi connectivity index (χ0v) is 11.5. The number of hydrogen-bond donors (Lipinski definition) is 1. The number of aromatic nitrogens is 2. The van der Waals surface area contributed by atoms with E-state index in [0.717, 1.165) is 24.2 Å². The zero-order valence-electron chi connectivity index (χ0n) is 11.5. The van der Waals surface area contributed by atoms with Crippen molar-refractivity contribution in [3.8, 4) is 0 Å². The van der Waals surface area contributed by atoms with Gasteiger partial charge in [0, 0.05) is 38.0 Å². The molecule has 0 fully saturated rings. The summed E-state index contributed by atoms with van der Waals surface area (Å²) < 4.78 is 1.97. The number of aryl methyl sites for hydroxylation is 1. The molecule has 0 radical (unpaired) electrons. The highest BCUT2D eigenvalue weighted by Gasteiger charge is 2.06. The zero-order chi connectivity index (χ0) is 14.4. The molecule has 1 N–H and O–H groups in total. The molecule has 0 atom stereocenters. The average molecular weight is 274 g/mol. The van der Waals surface area contributed by atoms with Gasteiger partial charge in [0.2, 0.25) is 0 Å². The van der Waals surface area contributed by atoms with E-state index in [-0.39, 0.29) is 10.6 Å². The molecule has 0 amide bonds. The topological polar surface area (TPSA) is 73.0 Å². The second-order valence-electron chi connectivity index (χ2n) is 4.58. The smallest absolute Gasteiger partial charge is 0.269 e. The number of nitrogens with zero attached hydrogens (tertiary/aromatic N) is 3.